The van der Waals surface area contributed by atoms with E-state index in [9.17, 15) is 35.2 Å². The molecule has 0 bridgehead atoms. The van der Waals surface area contributed by atoms with E-state index in [-0.39, 0.29) is 35.7 Å². The number of hydrogen-bond donors (Lipinski definition) is 1. The summed E-state index contributed by atoms with van der Waals surface area (Å²) in [6.07, 6.45) is -3.29. The molecule has 1 aromatic carbocycles. The van der Waals surface area contributed by atoms with Crippen LogP contribution in [0.1, 0.15) is 17.9 Å². The van der Waals surface area contributed by atoms with Gasteiger partial charge < -0.3 is 5.32 Å². The van der Waals surface area contributed by atoms with E-state index in [0.717, 1.165) is 41.0 Å². The first-order valence-electron chi connectivity index (χ1n) is 10.5. The van der Waals surface area contributed by atoms with Crippen LogP contribution >= 0.6 is 0 Å². The Hall–Kier alpha value is -3.52. The van der Waals surface area contributed by atoms with Crippen molar-refractivity contribution in [1.29, 1.82) is 0 Å². The number of rotatable bonds is 6. The summed E-state index contributed by atoms with van der Waals surface area (Å²) in [6.45, 7) is -0.442. The molecule has 14 heteroatoms. The van der Waals surface area contributed by atoms with Crippen molar-refractivity contribution in [2.24, 2.45) is 0 Å². The number of hydrogen-bond acceptors (Lipinski definition) is 6. The van der Waals surface area contributed by atoms with Gasteiger partial charge in [0.25, 0.3) is 0 Å². The van der Waals surface area contributed by atoms with E-state index in [1.165, 1.54) is 18.3 Å². The van der Waals surface area contributed by atoms with Crippen LogP contribution in [0.25, 0.3) is 11.1 Å². The molecule has 1 saturated heterocycles. The number of carbonyl (C=O) groups excluding carboxylic acids is 1. The van der Waals surface area contributed by atoms with Gasteiger partial charge in [0.15, 0.2) is 0 Å². The lowest BCUT2D eigenvalue weighted by Crippen LogP contribution is -2.49. The zero-order valence-corrected chi connectivity index (χ0v) is 19.1. The zero-order valence-electron chi connectivity index (χ0n) is 18.3. The monoisotopic (exact) mass is 527 g/mol. The van der Waals surface area contributed by atoms with Crippen LogP contribution < -0.4 is 5.32 Å². The third-order valence-electron chi connectivity index (χ3n) is 5.47. The molecule has 3 heterocycles. The third-order valence-corrected chi connectivity index (χ3v) is 7.36. The molecule has 0 saturated carbocycles. The lowest BCUT2D eigenvalue weighted by atomic mass is 10.1. The Bertz CT molecular complexity index is 1350. The first kappa shape index (κ1) is 25.6. The van der Waals surface area contributed by atoms with Gasteiger partial charge in [0.05, 0.1) is 17.1 Å². The van der Waals surface area contributed by atoms with Crippen molar-refractivity contribution in [2.45, 2.75) is 36.3 Å². The normalized spacial score (nSPS) is 18.8. The Morgan fingerprint density at radius 2 is 1.72 bits per heavy atom. The summed E-state index contributed by atoms with van der Waals surface area (Å²) in [5.41, 5.74) is 0.976. The summed E-state index contributed by atoms with van der Waals surface area (Å²) in [5, 5.41) is 2.45. The van der Waals surface area contributed by atoms with Gasteiger partial charge >= 0.3 is 6.18 Å². The van der Waals surface area contributed by atoms with Gasteiger partial charge in [-0.3, -0.25) is 9.78 Å². The summed E-state index contributed by atoms with van der Waals surface area (Å²) in [5.74, 6) is -2.83. The number of carbonyl (C=O) groups is 1. The summed E-state index contributed by atoms with van der Waals surface area (Å²) < 4.78 is 92.4. The smallest absolute Gasteiger partial charge is 0.349 e. The average Bonchev–Trinajstić information content (AvgIpc) is 3.25. The largest absolute Gasteiger partial charge is 0.451 e. The molecule has 0 spiro atoms. The quantitative estimate of drug-likeness (QED) is 0.494. The van der Waals surface area contributed by atoms with Crippen molar-refractivity contribution < 1.29 is 35.2 Å². The van der Waals surface area contributed by atoms with Gasteiger partial charge in [-0.15, -0.1) is 0 Å². The summed E-state index contributed by atoms with van der Waals surface area (Å²) >= 11 is 0. The van der Waals surface area contributed by atoms with Crippen molar-refractivity contribution in [3.63, 3.8) is 0 Å². The molecule has 1 amide bonds. The number of halogens is 5. The number of sulfonamides is 1. The number of benzene rings is 1. The maximum Gasteiger partial charge on any atom is 0.451 e. The summed E-state index contributed by atoms with van der Waals surface area (Å²) in [7, 11) is -4.27. The molecule has 1 fully saturated rings. The molecule has 0 unspecified atom stereocenters. The van der Waals surface area contributed by atoms with E-state index in [0.29, 0.717) is 5.56 Å². The van der Waals surface area contributed by atoms with Crippen LogP contribution in [0.15, 0.2) is 59.9 Å². The molecule has 4 rings (SSSR count). The minimum atomic E-state index is -4.68. The lowest BCUT2D eigenvalue weighted by molar-refractivity contribution is -0.145. The van der Waals surface area contributed by atoms with Crippen LogP contribution in [-0.2, 0) is 27.5 Å². The minimum absolute atomic E-state index is 0.194. The predicted octanol–water partition coefficient (Wildman–Crippen LogP) is 3.11. The highest BCUT2D eigenvalue weighted by Gasteiger charge is 2.46. The second-order valence-electron chi connectivity index (χ2n) is 7.87. The maximum atomic E-state index is 14.6. The van der Waals surface area contributed by atoms with Gasteiger partial charge in [-0.1, -0.05) is 0 Å². The van der Waals surface area contributed by atoms with Gasteiger partial charge in [0.2, 0.25) is 21.8 Å². The Morgan fingerprint density at radius 3 is 2.36 bits per heavy atom. The standard InChI is InChI=1S/C22H18F5N5O3S/c23-15-1-3-17(4-2-15)36(34,35)32-8-6-18(24)19(32)20(33)29-12-16-9-13(5-7-28-16)14-10-30-21(31-11-14)22(25,26)27/h1-5,7,9-11,18-19H,6,8,12H2,(H,29,33)/t18-,19-/m0/s1. The average molecular weight is 527 g/mol. The minimum Gasteiger partial charge on any atom is -0.349 e. The van der Waals surface area contributed by atoms with Crippen molar-refractivity contribution in [3.05, 3.63) is 72.3 Å². The Morgan fingerprint density at radius 1 is 1.06 bits per heavy atom. The first-order valence-corrected chi connectivity index (χ1v) is 11.9. The van der Waals surface area contributed by atoms with Crippen molar-refractivity contribution in [1.82, 2.24) is 24.6 Å². The molecular formula is C22H18F5N5O3S. The maximum absolute atomic E-state index is 14.6. The van der Waals surface area contributed by atoms with Crippen molar-refractivity contribution >= 4 is 15.9 Å². The van der Waals surface area contributed by atoms with Crippen LogP contribution in [0.4, 0.5) is 22.0 Å². The molecular weight excluding hydrogens is 509 g/mol. The Kier molecular flexibility index (Phi) is 7.00. The molecule has 2 aromatic heterocycles. The molecule has 3 aromatic rings. The fourth-order valence-electron chi connectivity index (χ4n) is 3.69. The van der Waals surface area contributed by atoms with E-state index in [2.05, 4.69) is 20.3 Å². The SMILES string of the molecule is O=C(NCc1cc(-c2cnc(C(F)(F)F)nc2)ccn1)[C@@H]1[C@@H](F)CCN1S(=O)(=O)c1ccc(F)cc1. The van der Waals surface area contributed by atoms with Crippen molar-refractivity contribution in [3.8, 4) is 11.1 Å². The summed E-state index contributed by atoms with van der Waals surface area (Å²) in [6, 6.07) is 5.31. The molecule has 1 N–H and O–H groups in total. The van der Waals surface area contributed by atoms with E-state index in [4.69, 9.17) is 0 Å². The van der Waals surface area contributed by atoms with Gasteiger partial charge in [0, 0.05) is 30.7 Å². The van der Waals surface area contributed by atoms with Crippen LogP contribution in [0, 0.1) is 5.82 Å². The van der Waals surface area contributed by atoms with Crippen LogP contribution in [0.2, 0.25) is 0 Å². The van der Waals surface area contributed by atoms with Gasteiger partial charge in [-0.25, -0.2) is 27.2 Å². The highest BCUT2D eigenvalue weighted by atomic mass is 32.2. The number of aromatic nitrogens is 3. The van der Waals surface area contributed by atoms with E-state index >= 15 is 0 Å². The molecule has 0 radical (unpaired) electrons. The number of amides is 1. The fraction of sp³-hybridized carbons (Fsp3) is 0.273. The summed E-state index contributed by atoms with van der Waals surface area (Å²) in [4.78, 5) is 23.2. The van der Waals surface area contributed by atoms with Crippen LogP contribution in [0.5, 0.6) is 0 Å². The third kappa shape index (κ3) is 5.33. The molecule has 190 valence electrons. The second kappa shape index (κ2) is 9.85. The second-order valence-corrected chi connectivity index (χ2v) is 9.76. The molecule has 1 aliphatic heterocycles. The van der Waals surface area contributed by atoms with E-state index in [1.54, 1.807) is 0 Å². The molecule has 0 aliphatic carbocycles. The van der Waals surface area contributed by atoms with Crippen LogP contribution in [0.3, 0.4) is 0 Å². The zero-order chi connectivity index (χ0) is 26.1. The predicted molar refractivity (Wildman–Crippen MR) is 116 cm³/mol. The lowest BCUT2D eigenvalue weighted by Gasteiger charge is -2.24. The number of nitrogens with one attached hydrogen (secondary N) is 1. The van der Waals surface area contributed by atoms with Crippen LogP contribution in [-0.4, -0.2) is 52.3 Å². The molecule has 1 aliphatic rings. The highest BCUT2D eigenvalue weighted by Crippen LogP contribution is 2.29. The number of pyridine rings is 1. The first-order chi connectivity index (χ1) is 17.0. The van der Waals surface area contributed by atoms with E-state index in [1.807, 2.05) is 0 Å². The Balaban J connectivity index is 1.47. The fourth-order valence-corrected chi connectivity index (χ4v) is 5.32. The van der Waals surface area contributed by atoms with Crippen molar-refractivity contribution in [2.75, 3.05) is 6.54 Å². The molecule has 2 atom stereocenters. The van der Waals surface area contributed by atoms with Gasteiger partial charge in [-0.2, -0.15) is 17.5 Å². The number of nitrogens with zero attached hydrogens (tertiary/aromatic N) is 4. The number of alkyl halides is 4. The Labute approximate surface area is 202 Å². The van der Waals surface area contributed by atoms with Gasteiger partial charge in [0.1, 0.15) is 18.0 Å². The molecule has 36 heavy (non-hydrogen) atoms. The highest BCUT2D eigenvalue weighted by molar-refractivity contribution is 7.89. The van der Waals surface area contributed by atoms with E-state index < -0.39 is 46.0 Å². The van der Waals surface area contributed by atoms with Gasteiger partial charge in [-0.05, 0) is 48.4 Å². The molecule has 8 nitrogen and oxygen atoms in total. The topological polar surface area (TPSA) is 105 Å².